The minimum atomic E-state index is -3.62. The third-order valence-corrected chi connectivity index (χ3v) is 5.52. The lowest BCUT2D eigenvalue weighted by molar-refractivity contribution is 0.0921. The van der Waals surface area contributed by atoms with E-state index in [-0.39, 0.29) is 23.4 Å². The second-order valence-corrected chi connectivity index (χ2v) is 7.88. The molecule has 6 heteroatoms. The van der Waals surface area contributed by atoms with Gasteiger partial charge in [-0.15, -0.1) is 6.58 Å². The molecule has 1 aromatic rings. The van der Waals surface area contributed by atoms with Crippen LogP contribution in [0.4, 0.5) is 0 Å². The molecule has 0 spiro atoms. The molecule has 2 rings (SSSR count). The highest BCUT2D eigenvalue weighted by atomic mass is 32.2. The van der Waals surface area contributed by atoms with Gasteiger partial charge in [0, 0.05) is 18.2 Å². The Balaban J connectivity index is 2.09. The summed E-state index contributed by atoms with van der Waals surface area (Å²) in [4.78, 5) is 12.5. The Morgan fingerprint density at radius 3 is 2.87 bits per heavy atom. The van der Waals surface area contributed by atoms with Crippen LogP contribution < -0.4 is 10.0 Å². The van der Waals surface area contributed by atoms with E-state index in [1.165, 1.54) is 24.6 Å². The predicted molar refractivity (Wildman–Crippen MR) is 90.7 cm³/mol. The van der Waals surface area contributed by atoms with E-state index >= 15 is 0 Å². The smallest absolute Gasteiger partial charge is 0.251 e. The van der Waals surface area contributed by atoms with E-state index in [1.54, 1.807) is 12.1 Å². The van der Waals surface area contributed by atoms with E-state index in [2.05, 4.69) is 23.5 Å². The first-order chi connectivity index (χ1) is 10.9. The second-order valence-electron chi connectivity index (χ2n) is 6.11. The number of hydrogen-bond acceptors (Lipinski definition) is 3. The van der Waals surface area contributed by atoms with Crippen molar-refractivity contribution in [3.05, 3.63) is 42.5 Å². The van der Waals surface area contributed by atoms with Crippen molar-refractivity contribution in [3.63, 3.8) is 0 Å². The van der Waals surface area contributed by atoms with Gasteiger partial charge in [0.05, 0.1) is 4.90 Å². The van der Waals surface area contributed by atoms with Crippen LogP contribution in [0.1, 0.15) is 43.0 Å². The number of hydrogen-bond donors (Lipinski definition) is 2. The van der Waals surface area contributed by atoms with E-state index in [1.807, 2.05) is 0 Å². The number of nitrogens with one attached hydrogen (secondary N) is 2. The van der Waals surface area contributed by atoms with Crippen LogP contribution in [0.2, 0.25) is 0 Å². The molecule has 2 N–H and O–H groups in total. The SMILES string of the molecule is C=CCNS(=O)(=O)c1cccc(C(=O)NC2CCCC(C)C2)c1. The zero-order chi connectivity index (χ0) is 16.9. The van der Waals surface area contributed by atoms with Crippen LogP contribution in [0.3, 0.4) is 0 Å². The molecule has 0 radical (unpaired) electrons. The molecule has 1 aliphatic rings. The zero-order valence-corrected chi connectivity index (χ0v) is 14.2. The molecule has 1 amide bonds. The van der Waals surface area contributed by atoms with Gasteiger partial charge < -0.3 is 5.32 Å². The summed E-state index contributed by atoms with van der Waals surface area (Å²) in [5, 5.41) is 3.02. The van der Waals surface area contributed by atoms with Crippen molar-refractivity contribution < 1.29 is 13.2 Å². The molecule has 0 aliphatic heterocycles. The van der Waals surface area contributed by atoms with Crippen LogP contribution in [-0.4, -0.2) is 26.9 Å². The molecular formula is C17H24N2O3S. The minimum Gasteiger partial charge on any atom is -0.349 e. The summed E-state index contributed by atoms with van der Waals surface area (Å²) in [5.41, 5.74) is 0.365. The highest BCUT2D eigenvalue weighted by molar-refractivity contribution is 7.89. The number of rotatable bonds is 6. The summed E-state index contributed by atoms with van der Waals surface area (Å²) < 4.78 is 26.6. The first-order valence-corrected chi connectivity index (χ1v) is 9.42. The largest absolute Gasteiger partial charge is 0.349 e. The second kappa shape index (κ2) is 7.75. The molecule has 5 nitrogen and oxygen atoms in total. The van der Waals surface area contributed by atoms with Gasteiger partial charge in [0.25, 0.3) is 5.91 Å². The Hall–Kier alpha value is -1.66. The Morgan fingerprint density at radius 1 is 1.39 bits per heavy atom. The lowest BCUT2D eigenvalue weighted by Crippen LogP contribution is -2.38. The van der Waals surface area contributed by atoms with Crippen molar-refractivity contribution in [1.29, 1.82) is 0 Å². The average Bonchev–Trinajstić information content (AvgIpc) is 2.53. The summed E-state index contributed by atoms with van der Waals surface area (Å²) in [5.74, 6) is 0.397. The molecule has 0 bridgehead atoms. The lowest BCUT2D eigenvalue weighted by Gasteiger charge is -2.27. The van der Waals surface area contributed by atoms with Gasteiger partial charge in [0.2, 0.25) is 10.0 Å². The first kappa shape index (κ1) is 17.7. The van der Waals surface area contributed by atoms with Gasteiger partial charge in [-0.05, 0) is 37.0 Å². The third-order valence-electron chi connectivity index (χ3n) is 4.10. The van der Waals surface area contributed by atoms with Crippen LogP contribution in [0.15, 0.2) is 41.8 Å². The zero-order valence-electron chi connectivity index (χ0n) is 13.4. The molecule has 1 fully saturated rings. The summed E-state index contributed by atoms with van der Waals surface area (Å²) in [6.07, 6.45) is 5.75. The number of carbonyl (C=O) groups excluding carboxylic acids is 1. The Morgan fingerprint density at radius 2 is 2.17 bits per heavy atom. The topological polar surface area (TPSA) is 75.3 Å². The molecule has 0 saturated heterocycles. The quantitative estimate of drug-likeness (QED) is 0.784. The monoisotopic (exact) mass is 336 g/mol. The fraction of sp³-hybridized carbons (Fsp3) is 0.471. The van der Waals surface area contributed by atoms with Gasteiger partial charge in [-0.3, -0.25) is 4.79 Å². The number of sulfonamides is 1. The summed E-state index contributed by atoms with van der Waals surface area (Å²) in [7, 11) is -3.62. The molecule has 2 unspecified atom stereocenters. The molecule has 0 heterocycles. The number of benzene rings is 1. The Labute approximate surface area is 138 Å². The van der Waals surface area contributed by atoms with Crippen LogP contribution in [0, 0.1) is 5.92 Å². The van der Waals surface area contributed by atoms with Gasteiger partial charge in [-0.1, -0.05) is 31.9 Å². The van der Waals surface area contributed by atoms with E-state index in [0.29, 0.717) is 11.5 Å². The maximum Gasteiger partial charge on any atom is 0.251 e. The number of amides is 1. The van der Waals surface area contributed by atoms with E-state index in [4.69, 9.17) is 0 Å². The van der Waals surface area contributed by atoms with Gasteiger partial charge in [-0.25, -0.2) is 13.1 Å². The van der Waals surface area contributed by atoms with Crippen molar-refractivity contribution in [2.75, 3.05) is 6.54 Å². The van der Waals surface area contributed by atoms with Gasteiger partial charge in [-0.2, -0.15) is 0 Å². The van der Waals surface area contributed by atoms with Crippen LogP contribution >= 0.6 is 0 Å². The summed E-state index contributed by atoms with van der Waals surface area (Å²) in [6.45, 7) is 5.83. The van der Waals surface area contributed by atoms with Crippen molar-refractivity contribution in [3.8, 4) is 0 Å². The standard InChI is InChI=1S/C17H24N2O3S/c1-3-10-18-23(21,22)16-9-5-7-14(12-16)17(20)19-15-8-4-6-13(2)11-15/h3,5,7,9,12-13,15,18H,1,4,6,8,10-11H2,2H3,(H,19,20). The number of carbonyl (C=O) groups is 1. The van der Waals surface area contributed by atoms with Crippen molar-refractivity contribution >= 4 is 15.9 Å². The van der Waals surface area contributed by atoms with Crippen LogP contribution in [0.25, 0.3) is 0 Å². The molecule has 1 aliphatic carbocycles. The molecule has 2 atom stereocenters. The van der Waals surface area contributed by atoms with Crippen LogP contribution in [0.5, 0.6) is 0 Å². The fourth-order valence-electron chi connectivity index (χ4n) is 2.89. The molecule has 0 aromatic heterocycles. The fourth-order valence-corrected chi connectivity index (χ4v) is 3.93. The average molecular weight is 336 g/mol. The normalized spacial score (nSPS) is 21.6. The van der Waals surface area contributed by atoms with E-state index < -0.39 is 10.0 Å². The van der Waals surface area contributed by atoms with E-state index in [9.17, 15) is 13.2 Å². The van der Waals surface area contributed by atoms with Crippen molar-refractivity contribution in [1.82, 2.24) is 10.0 Å². The maximum absolute atomic E-state index is 12.4. The molecule has 1 aromatic carbocycles. The molecular weight excluding hydrogens is 312 g/mol. The highest BCUT2D eigenvalue weighted by Gasteiger charge is 2.22. The summed E-state index contributed by atoms with van der Waals surface area (Å²) >= 11 is 0. The van der Waals surface area contributed by atoms with Crippen molar-refractivity contribution in [2.24, 2.45) is 5.92 Å². The Bertz CT molecular complexity index is 670. The van der Waals surface area contributed by atoms with Gasteiger partial charge in [0.1, 0.15) is 0 Å². The van der Waals surface area contributed by atoms with Crippen LogP contribution in [-0.2, 0) is 10.0 Å². The van der Waals surface area contributed by atoms with E-state index in [0.717, 1.165) is 19.3 Å². The molecule has 23 heavy (non-hydrogen) atoms. The minimum absolute atomic E-state index is 0.0870. The van der Waals surface area contributed by atoms with Gasteiger partial charge >= 0.3 is 0 Å². The molecule has 1 saturated carbocycles. The lowest BCUT2D eigenvalue weighted by atomic mass is 9.87. The molecule has 126 valence electrons. The Kier molecular flexibility index (Phi) is 5.96. The highest BCUT2D eigenvalue weighted by Crippen LogP contribution is 2.23. The predicted octanol–water partition coefficient (Wildman–Crippen LogP) is 2.46. The maximum atomic E-state index is 12.4. The van der Waals surface area contributed by atoms with Crippen molar-refractivity contribution in [2.45, 2.75) is 43.5 Å². The summed E-state index contributed by atoms with van der Waals surface area (Å²) in [6, 6.07) is 6.28. The first-order valence-electron chi connectivity index (χ1n) is 7.94. The van der Waals surface area contributed by atoms with Gasteiger partial charge in [0.15, 0.2) is 0 Å². The third kappa shape index (κ3) is 4.91.